The lowest BCUT2D eigenvalue weighted by Crippen LogP contribution is -2.13. The lowest BCUT2D eigenvalue weighted by atomic mass is 10.2. The molecule has 0 saturated carbocycles. The van der Waals surface area contributed by atoms with E-state index in [9.17, 15) is 4.79 Å². The first-order valence-corrected chi connectivity index (χ1v) is 8.59. The maximum atomic E-state index is 12.1. The summed E-state index contributed by atoms with van der Waals surface area (Å²) in [6, 6.07) is 7.45. The van der Waals surface area contributed by atoms with Crippen LogP contribution in [-0.2, 0) is 11.2 Å². The first-order chi connectivity index (χ1) is 10.1. The molecule has 6 heteroatoms. The quantitative estimate of drug-likeness (QED) is 0.744. The number of thiophene rings is 1. The molecule has 1 N–H and O–H groups in total. The number of carbonyl (C=O) groups is 1. The number of hydrogen-bond acceptors (Lipinski definition) is 3. The molecule has 3 nitrogen and oxygen atoms in total. The zero-order valence-corrected chi connectivity index (χ0v) is 14.6. The van der Waals surface area contributed by atoms with E-state index in [2.05, 4.69) is 21.2 Å². The van der Waals surface area contributed by atoms with Gasteiger partial charge in [-0.05, 0) is 52.9 Å². The molecule has 0 aliphatic carbocycles. The maximum Gasteiger partial charge on any atom is 0.224 e. The fourth-order valence-electron chi connectivity index (χ4n) is 1.85. The van der Waals surface area contributed by atoms with Gasteiger partial charge in [0.1, 0.15) is 0 Å². The van der Waals surface area contributed by atoms with Crippen molar-refractivity contribution in [3.05, 3.63) is 44.0 Å². The Morgan fingerprint density at radius 3 is 2.95 bits per heavy atom. The van der Waals surface area contributed by atoms with Gasteiger partial charge in [-0.3, -0.25) is 4.79 Å². The van der Waals surface area contributed by atoms with Crippen molar-refractivity contribution in [2.75, 3.05) is 11.9 Å². The Bertz CT molecular complexity index is 616. The van der Waals surface area contributed by atoms with Crippen LogP contribution in [0.3, 0.4) is 0 Å². The molecule has 0 fully saturated rings. The van der Waals surface area contributed by atoms with Gasteiger partial charge in [0.2, 0.25) is 5.91 Å². The Hall–Kier alpha value is -1.04. The van der Waals surface area contributed by atoms with Crippen LogP contribution in [-0.4, -0.2) is 12.5 Å². The van der Waals surface area contributed by atoms with E-state index in [1.54, 1.807) is 23.5 Å². The van der Waals surface area contributed by atoms with Gasteiger partial charge in [-0.1, -0.05) is 17.7 Å². The van der Waals surface area contributed by atoms with Crippen LogP contribution in [0.5, 0.6) is 5.75 Å². The van der Waals surface area contributed by atoms with Crippen molar-refractivity contribution in [2.24, 2.45) is 0 Å². The fourth-order valence-corrected chi connectivity index (χ4v) is 3.48. The molecule has 1 aromatic heterocycles. The minimum Gasteiger partial charge on any atom is -0.491 e. The van der Waals surface area contributed by atoms with E-state index < -0.39 is 0 Å². The molecule has 1 heterocycles. The second kappa shape index (κ2) is 7.82. The van der Waals surface area contributed by atoms with E-state index in [4.69, 9.17) is 16.3 Å². The van der Waals surface area contributed by atoms with Crippen LogP contribution in [0.15, 0.2) is 34.1 Å². The molecule has 0 radical (unpaired) electrons. The third-order valence-corrected chi connectivity index (χ3v) is 4.49. The second-order valence-corrected chi connectivity index (χ2v) is 6.65. The van der Waals surface area contributed by atoms with Gasteiger partial charge in [0.05, 0.1) is 16.8 Å². The Balaban J connectivity index is 2.05. The highest BCUT2D eigenvalue weighted by Crippen LogP contribution is 2.36. The van der Waals surface area contributed by atoms with Crippen molar-refractivity contribution in [3.63, 3.8) is 0 Å². The molecule has 0 aliphatic heterocycles. The number of halogens is 2. The van der Waals surface area contributed by atoms with Crippen LogP contribution in [0.25, 0.3) is 0 Å². The predicted molar refractivity (Wildman–Crippen MR) is 91.6 cm³/mol. The molecule has 112 valence electrons. The molecule has 0 saturated heterocycles. The summed E-state index contributed by atoms with van der Waals surface area (Å²) >= 11 is 11.1. The van der Waals surface area contributed by atoms with Gasteiger partial charge in [0.15, 0.2) is 5.75 Å². The first-order valence-electron chi connectivity index (χ1n) is 6.54. The molecule has 2 rings (SSSR count). The van der Waals surface area contributed by atoms with Gasteiger partial charge >= 0.3 is 0 Å². The normalized spacial score (nSPS) is 10.4. The number of amides is 1. The van der Waals surface area contributed by atoms with Gasteiger partial charge in [-0.25, -0.2) is 0 Å². The number of carbonyl (C=O) groups excluding carboxylic acids is 1. The number of hydrogen-bond donors (Lipinski definition) is 1. The summed E-state index contributed by atoms with van der Waals surface area (Å²) in [5.74, 6) is 0.546. The highest BCUT2D eigenvalue weighted by Gasteiger charge is 2.13. The van der Waals surface area contributed by atoms with Crippen LogP contribution >= 0.6 is 38.9 Å². The molecular weight excluding hydrogens is 374 g/mol. The van der Waals surface area contributed by atoms with Crippen LogP contribution in [0, 0.1) is 0 Å². The fraction of sp³-hybridized carbons (Fsp3) is 0.267. The molecule has 0 bridgehead atoms. The van der Waals surface area contributed by atoms with E-state index >= 15 is 0 Å². The lowest BCUT2D eigenvalue weighted by molar-refractivity contribution is -0.116. The van der Waals surface area contributed by atoms with Crippen LogP contribution in [0.1, 0.15) is 18.2 Å². The Kier molecular flexibility index (Phi) is 6.08. The highest BCUT2D eigenvalue weighted by atomic mass is 79.9. The minimum atomic E-state index is -0.0569. The summed E-state index contributed by atoms with van der Waals surface area (Å²) in [5.41, 5.74) is 0.590. The molecule has 1 amide bonds. The zero-order chi connectivity index (χ0) is 15.2. The summed E-state index contributed by atoms with van der Waals surface area (Å²) in [6.45, 7) is 2.40. The molecule has 2 aromatic rings. The van der Waals surface area contributed by atoms with E-state index in [0.717, 1.165) is 10.9 Å². The van der Waals surface area contributed by atoms with Crippen molar-refractivity contribution < 1.29 is 9.53 Å². The van der Waals surface area contributed by atoms with Crippen LogP contribution < -0.4 is 10.1 Å². The van der Waals surface area contributed by atoms with E-state index in [0.29, 0.717) is 29.5 Å². The summed E-state index contributed by atoms with van der Waals surface area (Å²) in [6.07, 6.45) is 1.16. The van der Waals surface area contributed by atoms with Gasteiger partial charge in [0, 0.05) is 16.3 Å². The number of nitrogens with one attached hydrogen (secondary N) is 1. The van der Waals surface area contributed by atoms with E-state index in [1.807, 2.05) is 24.4 Å². The number of rotatable bonds is 6. The molecule has 21 heavy (non-hydrogen) atoms. The number of benzene rings is 1. The monoisotopic (exact) mass is 387 g/mol. The van der Waals surface area contributed by atoms with E-state index in [1.165, 1.54) is 4.88 Å². The Morgan fingerprint density at radius 2 is 2.29 bits per heavy atom. The van der Waals surface area contributed by atoms with Gasteiger partial charge < -0.3 is 10.1 Å². The van der Waals surface area contributed by atoms with E-state index in [-0.39, 0.29) is 5.91 Å². The molecule has 0 atom stereocenters. The summed E-state index contributed by atoms with van der Waals surface area (Å²) in [4.78, 5) is 13.3. The van der Waals surface area contributed by atoms with Crippen molar-refractivity contribution in [1.29, 1.82) is 0 Å². The summed E-state index contributed by atoms with van der Waals surface area (Å²) < 4.78 is 6.28. The standard InChI is InChI=1S/C15H15BrClNO2S/c1-2-20-15-12(16)8-10(17)9-13(15)18-14(19)6-5-11-4-3-7-21-11/h3-4,7-9H,2,5-6H2,1H3,(H,18,19). The number of anilines is 1. The average Bonchev–Trinajstić information content (AvgIpc) is 2.93. The zero-order valence-electron chi connectivity index (χ0n) is 11.5. The molecule has 1 aromatic carbocycles. The van der Waals surface area contributed by atoms with Crippen molar-refractivity contribution in [3.8, 4) is 5.75 Å². The largest absolute Gasteiger partial charge is 0.491 e. The van der Waals surface area contributed by atoms with Gasteiger partial charge in [-0.2, -0.15) is 0 Å². The third-order valence-electron chi connectivity index (χ3n) is 2.75. The first kappa shape index (κ1) is 16.3. The van der Waals surface area contributed by atoms with Crippen LogP contribution in [0.4, 0.5) is 5.69 Å². The van der Waals surface area contributed by atoms with Crippen molar-refractivity contribution >= 4 is 50.5 Å². The Morgan fingerprint density at radius 1 is 1.48 bits per heavy atom. The Labute approximate surface area is 141 Å². The smallest absolute Gasteiger partial charge is 0.224 e. The maximum absolute atomic E-state index is 12.1. The molecule has 0 unspecified atom stereocenters. The lowest BCUT2D eigenvalue weighted by Gasteiger charge is -2.13. The topological polar surface area (TPSA) is 38.3 Å². The molecular formula is C15H15BrClNO2S. The third kappa shape index (κ3) is 4.73. The van der Waals surface area contributed by atoms with Gasteiger partial charge in [-0.15, -0.1) is 11.3 Å². The molecule has 0 aliphatic rings. The summed E-state index contributed by atoms with van der Waals surface area (Å²) in [5, 5.41) is 5.41. The summed E-state index contributed by atoms with van der Waals surface area (Å²) in [7, 11) is 0. The van der Waals surface area contributed by atoms with Crippen molar-refractivity contribution in [1.82, 2.24) is 0 Å². The molecule has 0 spiro atoms. The SMILES string of the molecule is CCOc1c(Br)cc(Cl)cc1NC(=O)CCc1cccs1. The average molecular weight is 389 g/mol. The number of ether oxygens (including phenoxy) is 1. The number of aryl methyl sites for hydroxylation is 1. The van der Waals surface area contributed by atoms with Gasteiger partial charge in [0.25, 0.3) is 0 Å². The van der Waals surface area contributed by atoms with Crippen molar-refractivity contribution in [2.45, 2.75) is 19.8 Å². The second-order valence-electron chi connectivity index (χ2n) is 4.32. The predicted octanol–water partition coefficient (Wildman–Crippen LogP) is 5.13. The highest BCUT2D eigenvalue weighted by molar-refractivity contribution is 9.10. The van der Waals surface area contributed by atoms with Crippen LogP contribution in [0.2, 0.25) is 5.02 Å². The minimum absolute atomic E-state index is 0.0569.